The highest BCUT2D eigenvalue weighted by molar-refractivity contribution is 6.35. The number of carbonyl (C=O) groups is 2. The summed E-state index contributed by atoms with van der Waals surface area (Å²) in [5, 5.41) is 16.7. The molecule has 196 valence electrons. The van der Waals surface area contributed by atoms with E-state index in [1.165, 1.54) is 19.3 Å². The summed E-state index contributed by atoms with van der Waals surface area (Å²) >= 11 is 6.57. The first-order valence-corrected chi connectivity index (χ1v) is 14.0. The van der Waals surface area contributed by atoms with E-state index in [0.717, 1.165) is 54.5 Å². The van der Waals surface area contributed by atoms with Crippen LogP contribution in [0.5, 0.6) is 0 Å². The van der Waals surface area contributed by atoms with E-state index in [1.807, 2.05) is 18.2 Å². The highest BCUT2D eigenvalue weighted by atomic mass is 35.5. The van der Waals surface area contributed by atoms with Crippen molar-refractivity contribution in [3.05, 3.63) is 46.5 Å². The van der Waals surface area contributed by atoms with Gasteiger partial charge in [-0.15, -0.1) is 0 Å². The Bertz CT molecular complexity index is 1280. The number of nitrogens with zero attached hydrogens (tertiary/aromatic N) is 2. The van der Waals surface area contributed by atoms with E-state index >= 15 is 0 Å². The minimum absolute atomic E-state index is 0.118. The van der Waals surface area contributed by atoms with Crippen molar-refractivity contribution < 1.29 is 14.7 Å². The first-order valence-electron chi connectivity index (χ1n) is 13.6. The zero-order valence-electron chi connectivity index (χ0n) is 21.3. The molecule has 7 nitrogen and oxygen atoms in total. The second-order valence-corrected chi connectivity index (χ2v) is 12.2. The van der Waals surface area contributed by atoms with Gasteiger partial charge >= 0.3 is 5.97 Å². The van der Waals surface area contributed by atoms with Crippen LogP contribution in [0.1, 0.15) is 55.8 Å². The number of benzene rings is 1. The maximum absolute atomic E-state index is 13.5. The number of allylic oxidation sites excluding steroid dienone is 2. The molecule has 3 fully saturated rings. The van der Waals surface area contributed by atoms with Crippen LogP contribution in [0.25, 0.3) is 10.9 Å². The molecule has 2 heterocycles. The van der Waals surface area contributed by atoms with Gasteiger partial charge < -0.3 is 20.6 Å². The Morgan fingerprint density at radius 2 is 2.08 bits per heavy atom. The molecule has 1 aliphatic heterocycles. The van der Waals surface area contributed by atoms with Crippen molar-refractivity contribution >= 4 is 40.2 Å². The number of carboxylic acid groups (broad SMARTS) is 1. The lowest BCUT2D eigenvalue weighted by Crippen LogP contribution is -2.37. The summed E-state index contributed by atoms with van der Waals surface area (Å²) in [5.74, 6) is 2.06. The zero-order valence-corrected chi connectivity index (χ0v) is 22.1. The van der Waals surface area contributed by atoms with Gasteiger partial charge in [0.25, 0.3) is 5.91 Å². The van der Waals surface area contributed by atoms with Crippen LogP contribution in [0.3, 0.4) is 0 Å². The average Bonchev–Trinajstić information content (AvgIpc) is 3.40. The number of hydrogen-bond donors (Lipinski definition) is 3. The monoisotopic (exact) mass is 522 g/mol. The Hall–Kier alpha value is -2.64. The van der Waals surface area contributed by atoms with Crippen LogP contribution in [0.4, 0.5) is 5.82 Å². The fraction of sp³-hybridized carbons (Fsp3) is 0.552. The fourth-order valence-electron chi connectivity index (χ4n) is 7.49. The number of pyridine rings is 1. The van der Waals surface area contributed by atoms with Crippen molar-refractivity contribution in [1.29, 1.82) is 0 Å². The van der Waals surface area contributed by atoms with E-state index < -0.39 is 5.97 Å². The molecule has 1 aromatic heterocycles. The molecule has 3 N–H and O–H groups in total. The summed E-state index contributed by atoms with van der Waals surface area (Å²) < 4.78 is 0. The van der Waals surface area contributed by atoms with E-state index in [4.69, 9.17) is 21.7 Å². The van der Waals surface area contributed by atoms with Gasteiger partial charge in [0.15, 0.2) is 0 Å². The normalized spacial score (nSPS) is 30.1. The van der Waals surface area contributed by atoms with Crippen molar-refractivity contribution in [3.8, 4) is 0 Å². The summed E-state index contributed by atoms with van der Waals surface area (Å²) in [6, 6.07) is 7.81. The maximum Gasteiger partial charge on any atom is 0.304 e. The predicted octanol–water partition coefficient (Wildman–Crippen LogP) is 4.64. The van der Waals surface area contributed by atoms with Gasteiger partial charge in [0.1, 0.15) is 5.82 Å². The highest BCUT2D eigenvalue weighted by Crippen LogP contribution is 2.62. The van der Waals surface area contributed by atoms with Crippen molar-refractivity contribution in [2.75, 3.05) is 31.1 Å². The predicted molar refractivity (Wildman–Crippen MR) is 145 cm³/mol. The number of amides is 1. The van der Waals surface area contributed by atoms with Crippen LogP contribution in [-0.4, -0.2) is 54.2 Å². The molecule has 3 aliphatic carbocycles. The van der Waals surface area contributed by atoms with Gasteiger partial charge in [-0.2, -0.15) is 0 Å². The molecule has 37 heavy (non-hydrogen) atoms. The first-order chi connectivity index (χ1) is 17.8. The summed E-state index contributed by atoms with van der Waals surface area (Å²) in [6.45, 7) is 5.10. The van der Waals surface area contributed by atoms with Crippen LogP contribution < -0.4 is 15.5 Å². The van der Waals surface area contributed by atoms with Crippen LogP contribution in [0.2, 0.25) is 5.02 Å². The lowest BCUT2D eigenvalue weighted by Gasteiger charge is -2.36. The van der Waals surface area contributed by atoms with Gasteiger partial charge in [0.2, 0.25) is 0 Å². The molecular weight excluding hydrogens is 488 g/mol. The summed E-state index contributed by atoms with van der Waals surface area (Å²) in [4.78, 5) is 31.3. The summed E-state index contributed by atoms with van der Waals surface area (Å²) in [5.41, 5.74) is 3.10. The third-order valence-electron chi connectivity index (χ3n) is 9.09. The second-order valence-electron chi connectivity index (χ2n) is 11.8. The van der Waals surface area contributed by atoms with Crippen LogP contribution in [0, 0.1) is 23.2 Å². The number of nitrogens with one attached hydrogen (secondary N) is 2. The molecule has 0 spiro atoms. The number of halogens is 1. The molecule has 2 bridgehead atoms. The number of carbonyl (C=O) groups excluding carboxylic acids is 1. The van der Waals surface area contributed by atoms with Gasteiger partial charge in [-0.05, 0) is 79.5 Å². The topological polar surface area (TPSA) is 94.6 Å². The van der Waals surface area contributed by atoms with Crippen molar-refractivity contribution in [2.24, 2.45) is 23.2 Å². The Labute approximate surface area is 222 Å². The largest absolute Gasteiger partial charge is 0.481 e. The van der Waals surface area contributed by atoms with Crippen molar-refractivity contribution in [1.82, 2.24) is 15.6 Å². The number of fused-ring (bicyclic) bond motifs is 2. The molecule has 2 saturated carbocycles. The SMILES string of the molecule is CC1C=C2CC3CC(CNC(=O)c4c(Cl)ccc5nc(N6CC[C@H](NCCC(=O)O)C6)ccc45)(C1)CC23. The Morgan fingerprint density at radius 1 is 1.22 bits per heavy atom. The number of aromatic nitrogens is 1. The minimum Gasteiger partial charge on any atom is -0.481 e. The van der Waals surface area contributed by atoms with Gasteiger partial charge in [-0.25, -0.2) is 4.98 Å². The number of carboxylic acids is 1. The fourth-order valence-corrected chi connectivity index (χ4v) is 7.74. The molecule has 1 aromatic carbocycles. The van der Waals surface area contributed by atoms with Crippen molar-refractivity contribution in [2.45, 2.75) is 51.5 Å². The van der Waals surface area contributed by atoms with Gasteiger partial charge in [-0.3, -0.25) is 9.59 Å². The Balaban J connectivity index is 1.15. The van der Waals surface area contributed by atoms with Crippen LogP contribution in [0.15, 0.2) is 35.9 Å². The molecule has 1 saturated heterocycles. The summed E-state index contributed by atoms with van der Waals surface area (Å²) in [6.07, 6.45) is 8.36. The van der Waals surface area contributed by atoms with E-state index in [0.29, 0.717) is 29.6 Å². The minimum atomic E-state index is -0.790. The van der Waals surface area contributed by atoms with Crippen LogP contribution in [-0.2, 0) is 4.79 Å². The molecule has 1 amide bonds. The van der Waals surface area contributed by atoms with Crippen LogP contribution >= 0.6 is 11.6 Å². The molecular formula is C29H35ClN4O3. The van der Waals surface area contributed by atoms with E-state index in [-0.39, 0.29) is 23.8 Å². The molecule has 5 atom stereocenters. The lowest BCUT2D eigenvalue weighted by atomic mass is 9.69. The quantitative estimate of drug-likeness (QED) is 0.437. The molecule has 6 rings (SSSR count). The van der Waals surface area contributed by atoms with Crippen molar-refractivity contribution in [3.63, 3.8) is 0 Å². The van der Waals surface area contributed by atoms with Gasteiger partial charge in [0, 0.05) is 37.6 Å². The van der Waals surface area contributed by atoms with Gasteiger partial charge in [0.05, 0.1) is 22.5 Å². The van der Waals surface area contributed by atoms with E-state index in [9.17, 15) is 9.59 Å². The molecule has 4 unspecified atom stereocenters. The average molecular weight is 523 g/mol. The second kappa shape index (κ2) is 9.59. The zero-order chi connectivity index (χ0) is 25.7. The standard InChI is InChI=1S/C29H35ClN4O3/c1-17-10-18-11-19-13-29(12-17,14-22(18)19)16-32-28(37)27-21-2-5-25(33-24(21)4-3-23(27)30)34-9-7-20(15-34)31-8-6-26(35)36/h2-5,10,17,19-20,22,31H,6-9,11-16H2,1H3,(H,32,37)(H,35,36)/t17?,19?,20-,22?,29?/m0/s1. The smallest absolute Gasteiger partial charge is 0.304 e. The molecule has 4 aliphatic rings. The number of hydrogen-bond acceptors (Lipinski definition) is 5. The van der Waals surface area contributed by atoms with E-state index in [2.05, 4.69) is 28.5 Å². The maximum atomic E-state index is 13.5. The lowest BCUT2D eigenvalue weighted by molar-refractivity contribution is -0.136. The highest BCUT2D eigenvalue weighted by Gasteiger charge is 2.53. The summed E-state index contributed by atoms with van der Waals surface area (Å²) in [7, 11) is 0. The molecule has 8 heteroatoms. The van der Waals surface area contributed by atoms with Gasteiger partial charge in [-0.1, -0.05) is 30.2 Å². The number of anilines is 1. The Morgan fingerprint density at radius 3 is 2.92 bits per heavy atom. The van der Waals surface area contributed by atoms with E-state index in [1.54, 1.807) is 11.6 Å². The molecule has 0 radical (unpaired) electrons. The number of rotatable bonds is 8. The third kappa shape index (κ3) is 4.72. The first kappa shape index (κ1) is 24.7. The third-order valence-corrected chi connectivity index (χ3v) is 9.40. The molecule has 2 aromatic rings. The number of aliphatic carboxylic acids is 1. The Kier molecular flexibility index (Phi) is 6.40.